The topological polar surface area (TPSA) is 66.5 Å². The molecule has 1 saturated heterocycles. The predicted molar refractivity (Wildman–Crippen MR) is 103 cm³/mol. The SMILES string of the molecule is O=C(NCCN1C(=O)S/C(=C\c2ccccc2)C1=O)c1cccc(Cl)c1. The maximum Gasteiger partial charge on any atom is 0.293 e. The molecule has 1 aliphatic rings. The number of imide groups is 1. The van der Waals surface area contributed by atoms with Crippen molar-refractivity contribution in [2.45, 2.75) is 0 Å². The van der Waals surface area contributed by atoms with Crippen LogP contribution < -0.4 is 5.32 Å². The Morgan fingerprint density at radius 2 is 1.88 bits per heavy atom. The molecule has 132 valence electrons. The van der Waals surface area contributed by atoms with Gasteiger partial charge < -0.3 is 5.32 Å². The van der Waals surface area contributed by atoms with Crippen molar-refractivity contribution in [2.24, 2.45) is 0 Å². The third-order valence-corrected chi connectivity index (χ3v) is 4.82. The highest BCUT2D eigenvalue weighted by Gasteiger charge is 2.34. The van der Waals surface area contributed by atoms with Crippen LogP contribution in [0.4, 0.5) is 4.79 Å². The third kappa shape index (κ3) is 4.33. The lowest BCUT2D eigenvalue weighted by Gasteiger charge is -2.13. The highest BCUT2D eigenvalue weighted by molar-refractivity contribution is 8.18. The first kappa shape index (κ1) is 18.2. The van der Waals surface area contributed by atoms with E-state index in [1.807, 2.05) is 30.3 Å². The van der Waals surface area contributed by atoms with Gasteiger partial charge in [0.15, 0.2) is 0 Å². The van der Waals surface area contributed by atoms with Gasteiger partial charge in [0.05, 0.1) is 4.91 Å². The van der Waals surface area contributed by atoms with Gasteiger partial charge in [-0.1, -0.05) is 48.0 Å². The first-order valence-corrected chi connectivity index (χ1v) is 9.08. The largest absolute Gasteiger partial charge is 0.350 e. The number of carbonyl (C=O) groups excluding carboxylic acids is 3. The van der Waals surface area contributed by atoms with E-state index in [2.05, 4.69) is 5.32 Å². The van der Waals surface area contributed by atoms with Crippen LogP contribution in [-0.2, 0) is 4.79 Å². The minimum atomic E-state index is -0.346. The lowest BCUT2D eigenvalue weighted by Crippen LogP contribution is -2.37. The molecule has 0 unspecified atom stereocenters. The number of nitrogens with one attached hydrogen (secondary N) is 1. The van der Waals surface area contributed by atoms with Gasteiger partial charge in [-0.15, -0.1) is 0 Å². The molecule has 26 heavy (non-hydrogen) atoms. The van der Waals surface area contributed by atoms with Crippen LogP contribution in [0.25, 0.3) is 6.08 Å². The Morgan fingerprint density at radius 3 is 2.62 bits per heavy atom. The highest BCUT2D eigenvalue weighted by Crippen LogP contribution is 2.31. The van der Waals surface area contributed by atoms with Crippen molar-refractivity contribution in [3.05, 3.63) is 75.7 Å². The molecule has 2 aromatic carbocycles. The molecule has 0 saturated carbocycles. The summed E-state index contributed by atoms with van der Waals surface area (Å²) in [5, 5.41) is 2.81. The summed E-state index contributed by atoms with van der Waals surface area (Å²) >= 11 is 6.76. The second kappa shape index (κ2) is 8.21. The number of benzene rings is 2. The third-order valence-electron chi connectivity index (χ3n) is 3.68. The number of rotatable bonds is 5. The van der Waals surface area contributed by atoms with Crippen LogP contribution in [0.1, 0.15) is 15.9 Å². The van der Waals surface area contributed by atoms with Crippen molar-refractivity contribution >= 4 is 46.5 Å². The molecule has 5 nitrogen and oxygen atoms in total. The fraction of sp³-hybridized carbons (Fsp3) is 0.105. The van der Waals surface area contributed by atoms with Crippen LogP contribution in [0.15, 0.2) is 59.5 Å². The van der Waals surface area contributed by atoms with Crippen LogP contribution in [-0.4, -0.2) is 35.0 Å². The zero-order chi connectivity index (χ0) is 18.5. The molecule has 3 rings (SSSR count). The summed E-state index contributed by atoms with van der Waals surface area (Å²) in [6, 6.07) is 15.9. The van der Waals surface area contributed by atoms with Gasteiger partial charge in [-0.3, -0.25) is 19.3 Å². The van der Waals surface area contributed by atoms with E-state index in [-0.39, 0.29) is 30.1 Å². The Hall–Kier alpha value is -2.57. The summed E-state index contributed by atoms with van der Waals surface area (Å²) in [5.74, 6) is -0.653. The van der Waals surface area contributed by atoms with Crippen LogP contribution in [0.2, 0.25) is 5.02 Å². The molecule has 0 aliphatic carbocycles. The van der Waals surface area contributed by atoms with Crippen molar-refractivity contribution in [3.63, 3.8) is 0 Å². The normalized spacial score (nSPS) is 15.6. The average molecular weight is 387 g/mol. The summed E-state index contributed by atoms with van der Waals surface area (Å²) in [4.78, 5) is 38.0. The van der Waals surface area contributed by atoms with E-state index in [0.717, 1.165) is 22.2 Å². The first-order valence-electron chi connectivity index (χ1n) is 7.89. The molecular weight excluding hydrogens is 372 g/mol. The summed E-state index contributed by atoms with van der Waals surface area (Å²) in [6.07, 6.45) is 1.69. The molecule has 0 aromatic heterocycles. The molecular formula is C19H15ClN2O3S. The predicted octanol–water partition coefficient (Wildman–Crippen LogP) is 3.81. The number of nitrogens with zero attached hydrogens (tertiary/aromatic N) is 1. The fourth-order valence-corrected chi connectivity index (χ4v) is 3.46. The molecule has 0 atom stereocenters. The number of hydrogen-bond donors (Lipinski definition) is 1. The molecule has 0 bridgehead atoms. The molecule has 3 amide bonds. The lowest BCUT2D eigenvalue weighted by atomic mass is 10.2. The van der Waals surface area contributed by atoms with Gasteiger partial charge in [0.25, 0.3) is 17.1 Å². The molecule has 1 fully saturated rings. The molecule has 1 N–H and O–H groups in total. The lowest BCUT2D eigenvalue weighted by molar-refractivity contribution is -0.122. The summed E-state index contributed by atoms with van der Waals surface area (Å²) in [7, 11) is 0. The zero-order valence-electron chi connectivity index (χ0n) is 13.6. The van der Waals surface area contributed by atoms with E-state index in [1.165, 1.54) is 0 Å². The smallest absolute Gasteiger partial charge is 0.293 e. The summed E-state index contributed by atoms with van der Waals surface area (Å²) < 4.78 is 0. The summed E-state index contributed by atoms with van der Waals surface area (Å²) in [6.45, 7) is 0.283. The van der Waals surface area contributed by atoms with Gasteiger partial charge in [0, 0.05) is 23.7 Å². The number of carbonyl (C=O) groups is 3. The maximum atomic E-state index is 12.4. The number of halogens is 1. The molecule has 7 heteroatoms. The standard InChI is InChI=1S/C19H15ClN2O3S/c20-15-8-4-7-14(12-15)17(23)21-9-10-22-18(24)16(26-19(22)25)11-13-5-2-1-3-6-13/h1-8,11-12H,9-10H2,(H,21,23)/b16-11-. The summed E-state index contributed by atoms with van der Waals surface area (Å²) in [5.41, 5.74) is 1.28. The Balaban J connectivity index is 1.58. The molecule has 1 heterocycles. The van der Waals surface area contributed by atoms with Crippen LogP contribution in [0.3, 0.4) is 0 Å². The maximum absolute atomic E-state index is 12.4. The van der Waals surface area contributed by atoms with E-state index in [0.29, 0.717) is 15.5 Å². The Bertz CT molecular complexity index is 883. The molecule has 0 radical (unpaired) electrons. The highest BCUT2D eigenvalue weighted by atomic mass is 35.5. The minimum absolute atomic E-state index is 0.114. The van der Waals surface area contributed by atoms with Crippen molar-refractivity contribution in [1.82, 2.24) is 10.2 Å². The molecule has 0 spiro atoms. The second-order valence-corrected chi connectivity index (χ2v) is 6.94. The van der Waals surface area contributed by atoms with Gasteiger partial charge >= 0.3 is 0 Å². The number of hydrogen-bond acceptors (Lipinski definition) is 4. The number of thioether (sulfide) groups is 1. The zero-order valence-corrected chi connectivity index (χ0v) is 15.2. The van der Waals surface area contributed by atoms with Gasteiger partial charge in [-0.05, 0) is 41.6 Å². The van der Waals surface area contributed by atoms with E-state index in [1.54, 1.807) is 30.3 Å². The molecule has 2 aromatic rings. The van der Waals surface area contributed by atoms with E-state index in [9.17, 15) is 14.4 Å². The van der Waals surface area contributed by atoms with Crippen LogP contribution >= 0.6 is 23.4 Å². The fourth-order valence-electron chi connectivity index (χ4n) is 2.41. The average Bonchev–Trinajstić information content (AvgIpc) is 2.90. The van der Waals surface area contributed by atoms with Crippen molar-refractivity contribution in [1.29, 1.82) is 0 Å². The minimum Gasteiger partial charge on any atom is -0.350 e. The van der Waals surface area contributed by atoms with Crippen LogP contribution in [0, 0.1) is 0 Å². The Kier molecular flexibility index (Phi) is 5.75. The number of amides is 3. The van der Waals surface area contributed by atoms with E-state index >= 15 is 0 Å². The van der Waals surface area contributed by atoms with Crippen molar-refractivity contribution in [2.75, 3.05) is 13.1 Å². The van der Waals surface area contributed by atoms with E-state index in [4.69, 9.17) is 11.6 Å². The first-order chi connectivity index (χ1) is 12.5. The monoisotopic (exact) mass is 386 g/mol. The van der Waals surface area contributed by atoms with Gasteiger partial charge in [-0.2, -0.15) is 0 Å². The van der Waals surface area contributed by atoms with Gasteiger partial charge in [0.2, 0.25) is 0 Å². The molecule has 1 aliphatic heterocycles. The Morgan fingerprint density at radius 1 is 1.12 bits per heavy atom. The van der Waals surface area contributed by atoms with Gasteiger partial charge in [0.1, 0.15) is 0 Å². The van der Waals surface area contributed by atoms with Crippen LogP contribution in [0.5, 0.6) is 0 Å². The van der Waals surface area contributed by atoms with Crippen molar-refractivity contribution < 1.29 is 14.4 Å². The van der Waals surface area contributed by atoms with Gasteiger partial charge in [-0.25, -0.2) is 0 Å². The Labute approximate surface area is 160 Å². The second-order valence-electron chi connectivity index (χ2n) is 5.51. The van der Waals surface area contributed by atoms with Crippen molar-refractivity contribution in [3.8, 4) is 0 Å². The quantitative estimate of drug-likeness (QED) is 0.793. The van der Waals surface area contributed by atoms with E-state index < -0.39 is 0 Å².